The third-order valence-electron chi connectivity index (χ3n) is 1.95. The van der Waals surface area contributed by atoms with E-state index in [2.05, 4.69) is 27.3 Å². The van der Waals surface area contributed by atoms with Crippen LogP contribution in [0.15, 0.2) is 28.7 Å². The van der Waals surface area contributed by atoms with Crippen LogP contribution in [-0.2, 0) is 0 Å². The van der Waals surface area contributed by atoms with Crippen molar-refractivity contribution in [2.75, 3.05) is 17.3 Å². The van der Waals surface area contributed by atoms with Crippen LogP contribution in [0.4, 0.5) is 5.69 Å². The first-order valence-electron chi connectivity index (χ1n) is 4.67. The molecule has 0 heterocycles. The second kappa shape index (κ2) is 6.76. The molecule has 1 rings (SSSR count). The highest BCUT2D eigenvalue weighted by molar-refractivity contribution is 9.10. The van der Waals surface area contributed by atoms with Gasteiger partial charge >= 0.3 is 0 Å². The molecule has 0 aromatic heterocycles. The summed E-state index contributed by atoms with van der Waals surface area (Å²) in [6.45, 7) is 0. The van der Waals surface area contributed by atoms with Crippen LogP contribution in [0.3, 0.4) is 0 Å². The number of thioether (sulfide) groups is 1. The quantitative estimate of drug-likeness (QED) is 0.899. The Hall–Kier alpha value is -0.660. The number of anilines is 1. The van der Waals surface area contributed by atoms with E-state index < -0.39 is 0 Å². The van der Waals surface area contributed by atoms with E-state index in [0.717, 1.165) is 22.3 Å². The molecule has 4 heteroatoms. The molecule has 0 bridgehead atoms. The lowest BCUT2D eigenvalue weighted by Crippen LogP contribution is -2.17. The lowest BCUT2D eigenvalue weighted by molar-refractivity contribution is 0.855. The Morgan fingerprint density at radius 2 is 2.13 bits per heavy atom. The van der Waals surface area contributed by atoms with Crippen LogP contribution < -0.4 is 5.32 Å². The third-order valence-corrected chi connectivity index (χ3v) is 3.12. The molecule has 0 spiro atoms. The summed E-state index contributed by atoms with van der Waals surface area (Å²) in [5.74, 6) is 1.00. The van der Waals surface area contributed by atoms with Gasteiger partial charge in [-0.2, -0.15) is 17.0 Å². The average Bonchev–Trinajstić information content (AvgIpc) is 2.27. The fourth-order valence-corrected chi connectivity index (χ4v) is 1.89. The largest absolute Gasteiger partial charge is 0.370 e. The Bertz CT molecular complexity index is 331. The molecule has 15 heavy (non-hydrogen) atoms. The number of halogens is 1. The van der Waals surface area contributed by atoms with Crippen molar-refractivity contribution >= 4 is 33.4 Å². The Morgan fingerprint density at radius 1 is 1.47 bits per heavy atom. The number of nitrogens with zero attached hydrogens (tertiary/aromatic N) is 1. The van der Waals surface area contributed by atoms with Crippen molar-refractivity contribution in [1.29, 1.82) is 5.26 Å². The molecular formula is C11H13BrN2S. The Labute approximate surface area is 103 Å². The molecule has 1 unspecified atom stereocenters. The van der Waals surface area contributed by atoms with Gasteiger partial charge < -0.3 is 5.32 Å². The first-order chi connectivity index (χ1) is 7.26. The normalized spacial score (nSPS) is 11.8. The fourth-order valence-electron chi connectivity index (χ4n) is 1.15. The van der Waals surface area contributed by atoms with Gasteiger partial charge in [0.2, 0.25) is 0 Å². The van der Waals surface area contributed by atoms with Gasteiger partial charge in [0.15, 0.2) is 0 Å². The van der Waals surface area contributed by atoms with Gasteiger partial charge in [0, 0.05) is 10.2 Å². The van der Waals surface area contributed by atoms with Gasteiger partial charge in [0.25, 0.3) is 0 Å². The molecule has 1 aromatic carbocycles. The molecule has 1 atom stereocenters. The summed E-state index contributed by atoms with van der Waals surface area (Å²) >= 11 is 5.13. The van der Waals surface area contributed by atoms with Crippen LogP contribution in [0.25, 0.3) is 0 Å². The predicted octanol–water partition coefficient (Wildman–Crippen LogP) is 3.51. The van der Waals surface area contributed by atoms with Gasteiger partial charge in [0.05, 0.1) is 6.07 Å². The molecule has 0 saturated heterocycles. The molecular weight excluding hydrogens is 272 g/mol. The van der Waals surface area contributed by atoms with E-state index in [1.807, 2.05) is 30.5 Å². The van der Waals surface area contributed by atoms with Gasteiger partial charge in [-0.15, -0.1) is 0 Å². The molecule has 1 N–H and O–H groups in total. The van der Waals surface area contributed by atoms with Gasteiger partial charge in [-0.25, -0.2) is 0 Å². The highest BCUT2D eigenvalue weighted by Crippen LogP contribution is 2.15. The van der Waals surface area contributed by atoms with Crippen LogP contribution in [0, 0.1) is 11.3 Å². The minimum atomic E-state index is -0.0985. The number of nitrogens with one attached hydrogen (secondary N) is 1. The minimum Gasteiger partial charge on any atom is -0.370 e. The zero-order chi connectivity index (χ0) is 11.1. The summed E-state index contributed by atoms with van der Waals surface area (Å²) in [6, 6.07) is 10.0. The molecule has 0 aliphatic carbocycles. The van der Waals surface area contributed by atoms with Crippen molar-refractivity contribution in [2.24, 2.45) is 0 Å². The van der Waals surface area contributed by atoms with E-state index in [1.54, 1.807) is 11.8 Å². The molecule has 0 saturated carbocycles. The smallest absolute Gasteiger partial charge is 0.115 e. The molecule has 0 amide bonds. The second-order valence-electron chi connectivity index (χ2n) is 3.11. The summed E-state index contributed by atoms with van der Waals surface area (Å²) in [5.41, 5.74) is 0.992. The Morgan fingerprint density at radius 3 is 2.67 bits per heavy atom. The average molecular weight is 285 g/mol. The zero-order valence-electron chi connectivity index (χ0n) is 8.53. The van der Waals surface area contributed by atoms with E-state index in [-0.39, 0.29) is 6.04 Å². The number of hydrogen-bond donors (Lipinski definition) is 1. The summed E-state index contributed by atoms with van der Waals surface area (Å²) in [6.07, 6.45) is 2.92. The Kier molecular flexibility index (Phi) is 5.59. The number of rotatable bonds is 5. The SMILES string of the molecule is CSCCC(C#N)Nc1ccc(Br)cc1. The van der Waals surface area contributed by atoms with Crippen molar-refractivity contribution in [2.45, 2.75) is 12.5 Å². The summed E-state index contributed by atoms with van der Waals surface area (Å²) < 4.78 is 1.05. The van der Waals surface area contributed by atoms with E-state index in [4.69, 9.17) is 5.26 Å². The van der Waals surface area contributed by atoms with Crippen molar-refractivity contribution in [3.63, 3.8) is 0 Å². The number of benzene rings is 1. The lowest BCUT2D eigenvalue weighted by atomic mass is 10.2. The fraction of sp³-hybridized carbons (Fsp3) is 0.364. The van der Waals surface area contributed by atoms with E-state index in [1.165, 1.54) is 0 Å². The zero-order valence-corrected chi connectivity index (χ0v) is 10.9. The third kappa shape index (κ3) is 4.59. The highest BCUT2D eigenvalue weighted by Gasteiger charge is 2.05. The van der Waals surface area contributed by atoms with Crippen molar-refractivity contribution in [3.05, 3.63) is 28.7 Å². The van der Waals surface area contributed by atoms with Crippen LogP contribution in [0.1, 0.15) is 6.42 Å². The summed E-state index contributed by atoms with van der Waals surface area (Å²) in [5, 5.41) is 12.1. The standard InChI is InChI=1S/C11H13BrN2S/c1-15-7-6-11(8-13)14-10-4-2-9(12)3-5-10/h2-5,11,14H,6-7H2,1H3. The van der Waals surface area contributed by atoms with Crippen molar-refractivity contribution < 1.29 is 0 Å². The minimum absolute atomic E-state index is 0.0985. The molecule has 0 aliphatic rings. The van der Waals surface area contributed by atoms with Gasteiger partial charge in [0.1, 0.15) is 6.04 Å². The van der Waals surface area contributed by atoms with Crippen LogP contribution in [0.5, 0.6) is 0 Å². The molecule has 1 aromatic rings. The summed E-state index contributed by atoms with van der Waals surface area (Å²) in [4.78, 5) is 0. The topological polar surface area (TPSA) is 35.8 Å². The molecule has 80 valence electrons. The van der Waals surface area contributed by atoms with Crippen LogP contribution in [-0.4, -0.2) is 18.1 Å². The van der Waals surface area contributed by atoms with Crippen molar-refractivity contribution in [3.8, 4) is 6.07 Å². The Balaban J connectivity index is 2.52. The first-order valence-corrected chi connectivity index (χ1v) is 6.85. The maximum absolute atomic E-state index is 8.94. The maximum atomic E-state index is 8.94. The highest BCUT2D eigenvalue weighted by atomic mass is 79.9. The monoisotopic (exact) mass is 284 g/mol. The lowest BCUT2D eigenvalue weighted by Gasteiger charge is -2.12. The summed E-state index contributed by atoms with van der Waals surface area (Å²) in [7, 11) is 0. The maximum Gasteiger partial charge on any atom is 0.115 e. The number of nitriles is 1. The molecule has 0 fully saturated rings. The molecule has 2 nitrogen and oxygen atoms in total. The predicted molar refractivity (Wildman–Crippen MR) is 70.2 cm³/mol. The van der Waals surface area contributed by atoms with Crippen molar-refractivity contribution in [1.82, 2.24) is 0 Å². The van der Waals surface area contributed by atoms with E-state index in [9.17, 15) is 0 Å². The van der Waals surface area contributed by atoms with Gasteiger partial charge in [-0.05, 0) is 42.7 Å². The van der Waals surface area contributed by atoms with E-state index >= 15 is 0 Å². The number of hydrogen-bond acceptors (Lipinski definition) is 3. The van der Waals surface area contributed by atoms with E-state index in [0.29, 0.717) is 0 Å². The molecule has 0 aliphatic heterocycles. The van der Waals surface area contributed by atoms with Gasteiger partial charge in [-0.1, -0.05) is 15.9 Å². The molecule has 0 radical (unpaired) electrons. The van der Waals surface area contributed by atoms with Gasteiger partial charge in [-0.3, -0.25) is 0 Å². The van der Waals surface area contributed by atoms with Crippen LogP contribution >= 0.6 is 27.7 Å². The second-order valence-corrected chi connectivity index (χ2v) is 5.02. The van der Waals surface area contributed by atoms with Crippen LogP contribution in [0.2, 0.25) is 0 Å². The first kappa shape index (κ1) is 12.4.